The maximum atomic E-state index is 12.1. The van der Waals surface area contributed by atoms with Crippen molar-refractivity contribution in [3.05, 3.63) is 65.2 Å². The summed E-state index contributed by atoms with van der Waals surface area (Å²) in [5, 5.41) is 13.0. The molecule has 1 aromatic heterocycles. The van der Waals surface area contributed by atoms with Gasteiger partial charge in [-0.05, 0) is 30.5 Å². The van der Waals surface area contributed by atoms with E-state index >= 15 is 0 Å². The van der Waals surface area contributed by atoms with E-state index in [0.29, 0.717) is 34.3 Å². The Kier molecular flexibility index (Phi) is 5.45. The number of carbonyl (C=O) groups is 1. The topological polar surface area (TPSA) is 59.8 Å². The van der Waals surface area contributed by atoms with E-state index in [2.05, 4.69) is 27.6 Å². The lowest BCUT2D eigenvalue weighted by atomic mass is 10.2. The Balaban J connectivity index is 1.61. The third-order valence-electron chi connectivity index (χ3n) is 4.29. The summed E-state index contributed by atoms with van der Waals surface area (Å²) in [5.74, 6) is 1.07. The predicted molar refractivity (Wildman–Crippen MR) is 108 cm³/mol. The summed E-state index contributed by atoms with van der Waals surface area (Å²) in [4.78, 5) is 12.1. The zero-order valence-electron chi connectivity index (χ0n) is 14.6. The Bertz CT molecular complexity index is 940. The highest BCUT2D eigenvalue weighted by Gasteiger charge is 2.24. The zero-order valence-corrected chi connectivity index (χ0v) is 16.2. The average Bonchev–Trinajstić information content (AvgIpc) is 3.41. The van der Waals surface area contributed by atoms with Crippen LogP contribution in [0.4, 0.5) is 0 Å². The molecular formula is C20H19ClN4OS. The molecule has 1 N–H and O–H groups in total. The number of rotatable bonds is 7. The van der Waals surface area contributed by atoms with Crippen molar-refractivity contribution < 1.29 is 4.79 Å². The molecule has 5 nitrogen and oxygen atoms in total. The number of benzene rings is 2. The Hall–Kier alpha value is -2.31. The molecule has 1 aliphatic carbocycles. The molecule has 0 bridgehead atoms. The number of hydrogen-bond donors (Lipinski definition) is 1. The molecule has 3 aromatic rings. The van der Waals surface area contributed by atoms with Gasteiger partial charge in [0.25, 0.3) is 0 Å². The van der Waals surface area contributed by atoms with Crippen LogP contribution in [0.15, 0.2) is 59.8 Å². The average molecular weight is 399 g/mol. The van der Waals surface area contributed by atoms with Gasteiger partial charge in [0.05, 0.1) is 17.3 Å². The Morgan fingerprint density at radius 2 is 1.85 bits per heavy atom. The molecule has 0 radical (unpaired) electrons. The van der Waals surface area contributed by atoms with Crippen molar-refractivity contribution in [2.45, 2.75) is 30.6 Å². The lowest BCUT2D eigenvalue weighted by Crippen LogP contribution is -2.27. The number of carbonyl (C=O) groups excluding carboxylic acids is 1. The first-order valence-corrected chi connectivity index (χ1v) is 10.2. The van der Waals surface area contributed by atoms with E-state index in [0.717, 1.165) is 24.0 Å². The quantitative estimate of drug-likeness (QED) is 0.611. The first-order valence-electron chi connectivity index (χ1n) is 8.85. The van der Waals surface area contributed by atoms with Crippen LogP contribution in [0.3, 0.4) is 0 Å². The summed E-state index contributed by atoms with van der Waals surface area (Å²) < 4.78 is 2.02. The molecule has 27 heavy (non-hydrogen) atoms. The number of nitrogens with zero attached hydrogens (tertiary/aromatic N) is 3. The maximum Gasteiger partial charge on any atom is 0.230 e. The Morgan fingerprint density at radius 3 is 2.59 bits per heavy atom. The molecule has 7 heteroatoms. The number of hydrogen-bond acceptors (Lipinski definition) is 4. The van der Waals surface area contributed by atoms with E-state index < -0.39 is 0 Å². The van der Waals surface area contributed by atoms with Crippen LogP contribution in [0.5, 0.6) is 0 Å². The van der Waals surface area contributed by atoms with Crippen molar-refractivity contribution in [3.8, 4) is 11.4 Å². The number of halogens is 1. The third kappa shape index (κ3) is 4.51. The van der Waals surface area contributed by atoms with E-state index in [1.54, 1.807) is 0 Å². The summed E-state index contributed by atoms with van der Waals surface area (Å²) in [5.41, 5.74) is 1.96. The highest BCUT2D eigenvalue weighted by atomic mass is 35.5. The molecule has 0 aliphatic heterocycles. The largest absolute Gasteiger partial charge is 0.353 e. The third-order valence-corrected chi connectivity index (χ3v) is 5.59. The van der Waals surface area contributed by atoms with Gasteiger partial charge in [0, 0.05) is 11.6 Å². The van der Waals surface area contributed by atoms with Gasteiger partial charge in [-0.1, -0.05) is 65.8 Å². The molecule has 1 heterocycles. The number of thioether (sulfide) groups is 1. The number of nitrogens with one attached hydrogen (secondary N) is 1. The normalized spacial score (nSPS) is 13.5. The van der Waals surface area contributed by atoms with Crippen molar-refractivity contribution >= 4 is 29.3 Å². The monoisotopic (exact) mass is 398 g/mol. The van der Waals surface area contributed by atoms with Crippen molar-refractivity contribution in [3.63, 3.8) is 0 Å². The lowest BCUT2D eigenvalue weighted by molar-refractivity contribution is -0.118. The molecule has 2 aromatic carbocycles. The minimum atomic E-state index is 0.0380. The van der Waals surface area contributed by atoms with Gasteiger partial charge in [-0.3, -0.25) is 9.36 Å². The maximum absolute atomic E-state index is 12.1. The fourth-order valence-corrected chi connectivity index (χ4v) is 3.74. The SMILES string of the molecule is O=C(CSc1nnc(-c2ccccc2Cl)n1Cc1ccccc1)NC1CC1. The molecule has 4 rings (SSSR count). The van der Waals surface area contributed by atoms with Crippen LogP contribution in [-0.2, 0) is 11.3 Å². The van der Waals surface area contributed by atoms with Gasteiger partial charge < -0.3 is 5.32 Å². The first-order chi connectivity index (χ1) is 13.2. The number of amides is 1. The molecular weight excluding hydrogens is 380 g/mol. The van der Waals surface area contributed by atoms with Crippen LogP contribution in [0, 0.1) is 0 Å². The molecule has 138 valence electrons. The van der Waals surface area contributed by atoms with E-state index in [-0.39, 0.29) is 5.91 Å². The molecule has 1 fully saturated rings. The van der Waals surface area contributed by atoms with E-state index in [1.807, 2.05) is 47.0 Å². The van der Waals surface area contributed by atoms with Crippen molar-refractivity contribution in [2.24, 2.45) is 0 Å². The van der Waals surface area contributed by atoms with Gasteiger partial charge in [0.15, 0.2) is 11.0 Å². The van der Waals surface area contributed by atoms with E-state index in [9.17, 15) is 4.79 Å². The fourth-order valence-electron chi connectivity index (χ4n) is 2.77. The van der Waals surface area contributed by atoms with Crippen LogP contribution < -0.4 is 5.32 Å². The van der Waals surface area contributed by atoms with Crippen LogP contribution >= 0.6 is 23.4 Å². The van der Waals surface area contributed by atoms with Gasteiger partial charge in [-0.15, -0.1) is 10.2 Å². The summed E-state index contributed by atoms with van der Waals surface area (Å²) in [6.07, 6.45) is 2.16. The first kappa shape index (κ1) is 18.1. The zero-order chi connectivity index (χ0) is 18.6. The second-order valence-electron chi connectivity index (χ2n) is 6.49. The van der Waals surface area contributed by atoms with Crippen LogP contribution in [0.1, 0.15) is 18.4 Å². The van der Waals surface area contributed by atoms with E-state index in [1.165, 1.54) is 11.8 Å². The van der Waals surface area contributed by atoms with Gasteiger partial charge in [0.2, 0.25) is 5.91 Å². The van der Waals surface area contributed by atoms with Crippen LogP contribution in [-0.4, -0.2) is 32.5 Å². The molecule has 1 amide bonds. The molecule has 0 spiro atoms. The predicted octanol–water partition coefficient (Wildman–Crippen LogP) is 4.02. The van der Waals surface area contributed by atoms with Crippen molar-refractivity contribution in [1.82, 2.24) is 20.1 Å². The highest BCUT2D eigenvalue weighted by molar-refractivity contribution is 7.99. The summed E-state index contributed by atoms with van der Waals surface area (Å²) in [6.45, 7) is 0.612. The van der Waals surface area contributed by atoms with Gasteiger partial charge in [0.1, 0.15) is 0 Å². The minimum absolute atomic E-state index is 0.0380. The molecule has 1 saturated carbocycles. The Labute approximate surface area is 167 Å². The van der Waals surface area contributed by atoms with E-state index in [4.69, 9.17) is 11.6 Å². The van der Waals surface area contributed by atoms with Crippen LogP contribution in [0.25, 0.3) is 11.4 Å². The van der Waals surface area contributed by atoms with Crippen LogP contribution in [0.2, 0.25) is 5.02 Å². The summed E-state index contributed by atoms with van der Waals surface area (Å²) >= 11 is 7.78. The molecule has 1 aliphatic rings. The van der Waals surface area contributed by atoms with Gasteiger partial charge in [-0.25, -0.2) is 0 Å². The van der Waals surface area contributed by atoms with Crippen molar-refractivity contribution in [1.29, 1.82) is 0 Å². The molecule has 0 unspecified atom stereocenters. The second-order valence-corrected chi connectivity index (χ2v) is 7.84. The lowest BCUT2D eigenvalue weighted by Gasteiger charge is -2.11. The standard InChI is InChI=1S/C20H19ClN4OS/c21-17-9-5-4-8-16(17)19-23-24-20(27-13-18(26)22-15-10-11-15)25(19)12-14-6-2-1-3-7-14/h1-9,15H,10-13H2,(H,22,26). The second kappa shape index (κ2) is 8.15. The highest BCUT2D eigenvalue weighted by Crippen LogP contribution is 2.30. The van der Waals surface area contributed by atoms with Crippen molar-refractivity contribution in [2.75, 3.05) is 5.75 Å². The molecule has 0 atom stereocenters. The van der Waals surface area contributed by atoms with Gasteiger partial charge >= 0.3 is 0 Å². The minimum Gasteiger partial charge on any atom is -0.353 e. The molecule has 0 saturated heterocycles. The Morgan fingerprint density at radius 1 is 1.11 bits per heavy atom. The smallest absolute Gasteiger partial charge is 0.230 e. The summed E-state index contributed by atoms with van der Waals surface area (Å²) in [6, 6.07) is 18.1. The fraction of sp³-hybridized carbons (Fsp3) is 0.250. The number of aromatic nitrogens is 3. The summed E-state index contributed by atoms with van der Waals surface area (Å²) in [7, 11) is 0. The van der Waals surface area contributed by atoms with Gasteiger partial charge in [-0.2, -0.15) is 0 Å².